The second-order valence-corrected chi connectivity index (χ2v) is 15.3. The van der Waals surface area contributed by atoms with Crippen LogP contribution in [0.5, 0.6) is 0 Å². The molecule has 0 bridgehead atoms. The quantitative estimate of drug-likeness (QED) is 0.170. The van der Waals surface area contributed by atoms with Gasteiger partial charge in [-0.25, -0.2) is 0 Å². The molecule has 0 aliphatic heterocycles. The smallest absolute Gasteiger partial charge is 0.0574 e. The SMILES string of the molecule is Cn1c2ccc(N(C3=CC=C4c5c(c6ccccc6c6ccccc56)C(C)(C)C4C3)c3ccccc3)cc2c2c3ccccc3c3ccccc3c21. The van der Waals surface area contributed by atoms with Crippen molar-refractivity contribution in [2.75, 3.05) is 4.90 Å². The Morgan fingerprint density at radius 1 is 0.538 bits per heavy atom. The van der Waals surface area contributed by atoms with E-state index in [1.165, 1.54) is 98.7 Å². The van der Waals surface area contributed by atoms with E-state index in [1.54, 1.807) is 0 Å². The summed E-state index contributed by atoms with van der Waals surface area (Å²) in [4.78, 5) is 2.52. The Morgan fingerprint density at radius 3 is 1.81 bits per heavy atom. The van der Waals surface area contributed by atoms with E-state index >= 15 is 0 Å². The molecule has 11 rings (SSSR count). The minimum atomic E-state index is -0.0494. The Balaban J connectivity index is 1.14. The van der Waals surface area contributed by atoms with Gasteiger partial charge in [0.25, 0.3) is 0 Å². The zero-order chi connectivity index (χ0) is 34.7. The van der Waals surface area contributed by atoms with Crippen LogP contribution in [0, 0.1) is 5.92 Å². The predicted molar refractivity (Wildman–Crippen MR) is 223 cm³/mol. The van der Waals surface area contributed by atoms with Gasteiger partial charge < -0.3 is 9.47 Å². The van der Waals surface area contributed by atoms with Crippen LogP contribution >= 0.6 is 0 Å². The number of anilines is 2. The van der Waals surface area contributed by atoms with Crippen molar-refractivity contribution in [3.8, 4) is 0 Å². The number of aromatic nitrogens is 1. The van der Waals surface area contributed by atoms with Gasteiger partial charge >= 0.3 is 0 Å². The molecule has 8 aromatic carbocycles. The fourth-order valence-electron chi connectivity index (χ4n) is 10.1. The number of hydrogen-bond donors (Lipinski definition) is 0. The van der Waals surface area contributed by atoms with Gasteiger partial charge in [-0.05, 0) is 109 Å². The van der Waals surface area contributed by atoms with Crippen molar-refractivity contribution < 1.29 is 0 Å². The zero-order valence-corrected chi connectivity index (χ0v) is 29.7. The van der Waals surface area contributed by atoms with Crippen molar-refractivity contribution in [1.82, 2.24) is 4.57 Å². The van der Waals surface area contributed by atoms with E-state index in [0.29, 0.717) is 5.92 Å². The molecule has 2 aliphatic carbocycles. The van der Waals surface area contributed by atoms with Gasteiger partial charge in [0.1, 0.15) is 0 Å². The number of fused-ring (bicyclic) bond motifs is 16. The molecule has 0 N–H and O–H groups in total. The van der Waals surface area contributed by atoms with Crippen LogP contribution in [0.3, 0.4) is 0 Å². The molecule has 0 amide bonds. The molecule has 0 fully saturated rings. The second kappa shape index (κ2) is 10.7. The lowest BCUT2D eigenvalue weighted by atomic mass is 9.73. The van der Waals surface area contributed by atoms with Crippen LogP contribution in [0.1, 0.15) is 31.4 Å². The molecule has 0 spiro atoms. The summed E-state index contributed by atoms with van der Waals surface area (Å²) < 4.78 is 2.40. The summed E-state index contributed by atoms with van der Waals surface area (Å²) in [5.41, 5.74) is 10.6. The number of para-hydroxylation sites is 1. The van der Waals surface area contributed by atoms with E-state index in [9.17, 15) is 0 Å². The van der Waals surface area contributed by atoms with E-state index in [4.69, 9.17) is 0 Å². The van der Waals surface area contributed by atoms with Gasteiger partial charge in [-0.2, -0.15) is 0 Å². The van der Waals surface area contributed by atoms with E-state index in [0.717, 1.165) is 6.42 Å². The highest BCUT2D eigenvalue weighted by atomic mass is 15.2. The lowest BCUT2D eigenvalue weighted by Crippen LogP contribution is -2.29. The topological polar surface area (TPSA) is 8.17 Å². The predicted octanol–water partition coefficient (Wildman–Crippen LogP) is 13.4. The van der Waals surface area contributed by atoms with Gasteiger partial charge in [-0.3, -0.25) is 0 Å². The van der Waals surface area contributed by atoms with Crippen LogP contribution in [0.4, 0.5) is 11.4 Å². The summed E-state index contributed by atoms with van der Waals surface area (Å²) in [6.07, 6.45) is 5.81. The largest absolute Gasteiger partial charge is 0.343 e. The van der Waals surface area contributed by atoms with Crippen molar-refractivity contribution >= 4 is 81.8 Å². The summed E-state index contributed by atoms with van der Waals surface area (Å²) in [5, 5.41) is 13.3. The summed E-state index contributed by atoms with van der Waals surface area (Å²) in [5.74, 6) is 0.347. The number of benzene rings is 8. The normalized spacial score (nSPS) is 16.5. The first-order valence-electron chi connectivity index (χ1n) is 18.5. The molecule has 9 aromatic rings. The molecule has 1 heterocycles. The van der Waals surface area contributed by atoms with E-state index in [-0.39, 0.29) is 5.41 Å². The third kappa shape index (κ3) is 3.90. The first kappa shape index (κ1) is 29.6. The van der Waals surface area contributed by atoms with Gasteiger partial charge in [0.05, 0.1) is 5.52 Å². The van der Waals surface area contributed by atoms with Crippen molar-refractivity contribution in [3.05, 3.63) is 175 Å². The van der Waals surface area contributed by atoms with Crippen LogP contribution < -0.4 is 4.90 Å². The Bertz CT molecular complexity index is 3030. The van der Waals surface area contributed by atoms with Crippen LogP contribution in [0.2, 0.25) is 0 Å². The average Bonchev–Trinajstić information content (AvgIpc) is 3.62. The van der Waals surface area contributed by atoms with Crippen molar-refractivity contribution in [1.29, 1.82) is 0 Å². The minimum absolute atomic E-state index is 0.0494. The van der Waals surface area contributed by atoms with Crippen molar-refractivity contribution in [3.63, 3.8) is 0 Å². The fourth-order valence-corrected chi connectivity index (χ4v) is 10.1. The number of nitrogens with zero attached hydrogens (tertiary/aromatic N) is 2. The lowest BCUT2D eigenvalue weighted by Gasteiger charge is -2.36. The highest BCUT2D eigenvalue weighted by molar-refractivity contribution is 6.32. The highest BCUT2D eigenvalue weighted by Crippen LogP contribution is 2.58. The third-order valence-corrected chi connectivity index (χ3v) is 12.4. The summed E-state index contributed by atoms with van der Waals surface area (Å²) >= 11 is 0. The molecule has 0 radical (unpaired) electrons. The Morgan fingerprint density at radius 2 is 1.10 bits per heavy atom. The Labute approximate surface area is 303 Å². The molecular formula is C50H38N2. The molecule has 1 unspecified atom stereocenters. The highest BCUT2D eigenvalue weighted by Gasteiger charge is 2.46. The number of aryl methyl sites for hydroxylation is 1. The fraction of sp³-hybridized carbons (Fsp3) is 0.120. The second-order valence-electron chi connectivity index (χ2n) is 15.3. The molecule has 248 valence electrons. The number of rotatable bonds is 3. The molecule has 2 nitrogen and oxygen atoms in total. The maximum atomic E-state index is 2.52. The Kier molecular flexibility index (Phi) is 6.09. The molecular weight excluding hydrogens is 629 g/mol. The third-order valence-electron chi connectivity index (χ3n) is 12.4. The van der Waals surface area contributed by atoms with Gasteiger partial charge in [0.2, 0.25) is 0 Å². The molecule has 0 saturated carbocycles. The van der Waals surface area contributed by atoms with Crippen molar-refractivity contribution in [2.45, 2.75) is 25.7 Å². The van der Waals surface area contributed by atoms with Crippen molar-refractivity contribution in [2.24, 2.45) is 13.0 Å². The van der Waals surface area contributed by atoms with Gasteiger partial charge in [0, 0.05) is 45.8 Å². The summed E-state index contributed by atoms with van der Waals surface area (Å²) in [6.45, 7) is 4.96. The molecule has 2 aliphatic rings. The van der Waals surface area contributed by atoms with Crippen LogP contribution in [-0.4, -0.2) is 4.57 Å². The maximum absolute atomic E-state index is 2.52. The maximum Gasteiger partial charge on any atom is 0.0574 e. The number of hydrogen-bond acceptors (Lipinski definition) is 1. The first-order valence-corrected chi connectivity index (χ1v) is 18.5. The standard InChI is InChI=1S/C50H38N2/c1-50(2)44-30-33(25-27-42(44)46-38-21-11-7-17-34(38)36-19-9-13-23-40(36)48(46)50)52(31-15-5-4-6-16-31)32-26-28-45-43(29-32)47-39-22-12-8-18-35(39)37-20-10-14-24-41(37)49(47)51(45)3/h4-29,44H,30H2,1-3H3. The van der Waals surface area contributed by atoms with E-state index in [2.05, 4.69) is 188 Å². The zero-order valence-electron chi connectivity index (χ0n) is 29.7. The molecule has 1 atom stereocenters. The van der Waals surface area contributed by atoms with Crippen LogP contribution in [-0.2, 0) is 12.5 Å². The van der Waals surface area contributed by atoms with Crippen LogP contribution in [0.25, 0.3) is 70.5 Å². The van der Waals surface area contributed by atoms with E-state index in [1.807, 2.05) is 0 Å². The Hall–Kier alpha value is -6.12. The van der Waals surface area contributed by atoms with Gasteiger partial charge in [-0.15, -0.1) is 0 Å². The molecule has 52 heavy (non-hydrogen) atoms. The monoisotopic (exact) mass is 666 g/mol. The number of allylic oxidation sites excluding steroid dienone is 4. The molecule has 2 heteroatoms. The minimum Gasteiger partial charge on any atom is -0.343 e. The summed E-state index contributed by atoms with van der Waals surface area (Å²) in [7, 11) is 2.23. The first-order chi connectivity index (χ1) is 25.5. The lowest BCUT2D eigenvalue weighted by molar-refractivity contribution is 0.409. The van der Waals surface area contributed by atoms with E-state index < -0.39 is 0 Å². The molecule has 1 aromatic heterocycles. The average molecular weight is 667 g/mol. The van der Waals surface area contributed by atoms with Crippen LogP contribution in [0.15, 0.2) is 163 Å². The van der Waals surface area contributed by atoms with Gasteiger partial charge in [0.15, 0.2) is 0 Å². The molecule has 0 saturated heterocycles. The summed E-state index contributed by atoms with van der Waals surface area (Å²) in [6, 6.07) is 53.9. The van der Waals surface area contributed by atoms with Gasteiger partial charge in [-0.1, -0.05) is 135 Å².